The van der Waals surface area contributed by atoms with E-state index in [0.717, 1.165) is 5.56 Å². The Labute approximate surface area is 161 Å². The summed E-state index contributed by atoms with van der Waals surface area (Å²) in [6, 6.07) is 9.37. The molecule has 1 amide bonds. The lowest BCUT2D eigenvalue weighted by molar-refractivity contribution is -0.378. The number of carbonyl (C=O) groups is 2. The zero-order valence-electron chi connectivity index (χ0n) is 14.8. The van der Waals surface area contributed by atoms with Crippen LogP contribution in [0, 0.1) is 0 Å². The molecular weight excluding hydrogens is 356 g/mol. The molecule has 7 heteroatoms. The van der Waals surface area contributed by atoms with Gasteiger partial charge in [-0.3, -0.25) is 19.6 Å². The Balaban J connectivity index is 1.85. The van der Waals surface area contributed by atoms with Crippen LogP contribution in [0.5, 0.6) is 0 Å². The van der Waals surface area contributed by atoms with Crippen LogP contribution in [0.1, 0.15) is 22.7 Å². The van der Waals surface area contributed by atoms with E-state index in [4.69, 9.17) is 0 Å². The molecule has 3 aromatic rings. The molecule has 1 saturated heterocycles. The fourth-order valence-corrected chi connectivity index (χ4v) is 3.31. The predicted octanol–water partition coefficient (Wildman–Crippen LogP) is 0.715. The first-order chi connectivity index (χ1) is 13.7. The highest BCUT2D eigenvalue weighted by atomic mass is 16.3. The average molecular weight is 372 g/mol. The number of nitrogens with zero attached hydrogens (tertiary/aromatic N) is 3. The maximum absolute atomic E-state index is 13.1. The molecule has 0 spiro atoms. The van der Waals surface area contributed by atoms with Crippen molar-refractivity contribution >= 4 is 17.4 Å². The van der Waals surface area contributed by atoms with Gasteiger partial charge in [-0.1, -0.05) is 5.76 Å². The van der Waals surface area contributed by atoms with Gasteiger partial charge in [0.25, 0.3) is 5.91 Å². The number of amides is 1. The summed E-state index contributed by atoms with van der Waals surface area (Å²) in [4.78, 5) is 37.9. The number of hydrogen-bond donors (Lipinski definition) is 0. The molecule has 0 aliphatic carbocycles. The molecule has 0 aromatic carbocycles. The molecular formula is C21H16N4O3. The number of hydrogen-bond acceptors (Lipinski definition) is 5. The van der Waals surface area contributed by atoms with E-state index in [1.165, 1.54) is 29.4 Å². The van der Waals surface area contributed by atoms with Crippen molar-refractivity contribution in [3.63, 3.8) is 0 Å². The number of Topliss-reactive ketones (excluding diaryl/α,β-unsaturated/α-hetero) is 1. The number of carbonyl (C=O) groups excluding carboxylic acids is 2. The van der Waals surface area contributed by atoms with Crippen molar-refractivity contribution in [3.8, 4) is 0 Å². The Morgan fingerprint density at radius 1 is 1.04 bits per heavy atom. The summed E-state index contributed by atoms with van der Waals surface area (Å²) in [5.41, 5.74) is 1.74. The highest BCUT2D eigenvalue weighted by Crippen LogP contribution is 2.39. The molecule has 4 rings (SSSR count). The first-order valence-corrected chi connectivity index (χ1v) is 8.68. The summed E-state index contributed by atoms with van der Waals surface area (Å²) in [7, 11) is 0. The summed E-state index contributed by atoms with van der Waals surface area (Å²) in [6.45, 7) is 0.196. The number of pyridine rings is 3. The zero-order valence-corrected chi connectivity index (χ0v) is 14.8. The average Bonchev–Trinajstić information content (AvgIpc) is 3.00. The number of rotatable bonds is 4. The Hall–Kier alpha value is -3.87. The number of aromatic amines is 1. The third kappa shape index (κ3) is 3.14. The fraction of sp³-hybridized carbons (Fsp3) is 0.0952. The van der Waals surface area contributed by atoms with Crippen LogP contribution in [-0.2, 0) is 16.1 Å². The largest absolute Gasteiger partial charge is 0.872 e. The van der Waals surface area contributed by atoms with Crippen molar-refractivity contribution < 1.29 is 19.7 Å². The smallest absolute Gasteiger partial charge is 0.295 e. The molecule has 1 aliphatic heterocycles. The Kier molecular flexibility index (Phi) is 4.63. The molecule has 138 valence electrons. The molecule has 7 nitrogen and oxygen atoms in total. The monoisotopic (exact) mass is 372 g/mol. The van der Waals surface area contributed by atoms with E-state index in [1.807, 2.05) is 12.1 Å². The SMILES string of the molecule is O=C1C(=O)N(Cc2ccc[nH+]c2)C(c2ccncc2)C1=C([O-])c1ccncc1. The number of ketones is 1. The second-order valence-corrected chi connectivity index (χ2v) is 6.34. The van der Waals surface area contributed by atoms with E-state index >= 15 is 0 Å². The second kappa shape index (κ2) is 7.40. The van der Waals surface area contributed by atoms with Gasteiger partial charge in [-0.05, 0) is 41.5 Å². The molecule has 3 aromatic heterocycles. The molecule has 1 aliphatic rings. The van der Waals surface area contributed by atoms with E-state index in [0.29, 0.717) is 11.1 Å². The number of likely N-dealkylation sites (tertiary alicyclic amines) is 1. The topological polar surface area (TPSA) is 100 Å². The minimum absolute atomic E-state index is 0.0534. The van der Waals surface area contributed by atoms with Gasteiger partial charge < -0.3 is 10.0 Å². The van der Waals surface area contributed by atoms with Gasteiger partial charge in [0.05, 0.1) is 12.6 Å². The van der Waals surface area contributed by atoms with Crippen LogP contribution in [-0.4, -0.2) is 26.6 Å². The first kappa shape index (κ1) is 17.5. The van der Waals surface area contributed by atoms with Crippen LogP contribution in [0.4, 0.5) is 0 Å². The quantitative estimate of drug-likeness (QED) is 0.382. The summed E-state index contributed by atoms with van der Waals surface area (Å²) >= 11 is 0. The van der Waals surface area contributed by atoms with Crippen molar-refractivity contribution in [1.82, 2.24) is 14.9 Å². The maximum atomic E-state index is 13.1. The van der Waals surface area contributed by atoms with Crippen LogP contribution in [0.25, 0.3) is 5.76 Å². The molecule has 1 unspecified atom stereocenters. The third-order valence-corrected chi connectivity index (χ3v) is 4.62. The van der Waals surface area contributed by atoms with Crippen molar-refractivity contribution in [1.29, 1.82) is 0 Å². The third-order valence-electron chi connectivity index (χ3n) is 4.62. The minimum Gasteiger partial charge on any atom is -0.872 e. The minimum atomic E-state index is -0.775. The van der Waals surface area contributed by atoms with Gasteiger partial charge in [0.15, 0.2) is 12.4 Å². The van der Waals surface area contributed by atoms with Crippen molar-refractivity contribution in [2.24, 2.45) is 0 Å². The van der Waals surface area contributed by atoms with Crippen molar-refractivity contribution in [3.05, 3.63) is 95.8 Å². The van der Waals surface area contributed by atoms with Crippen LogP contribution >= 0.6 is 0 Å². The lowest BCUT2D eigenvalue weighted by Gasteiger charge is -2.27. The zero-order chi connectivity index (χ0) is 19.5. The molecule has 0 bridgehead atoms. The second-order valence-electron chi connectivity index (χ2n) is 6.34. The summed E-state index contributed by atoms with van der Waals surface area (Å²) in [5, 5.41) is 13.1. The molecule has 1 atom stereocenters. The fourth-order valence-electron chi connectivity index (χ4n) is 3.31. The Morgan fingerprint density at radius 3 is 2.36 bits per heavy atom. The molecule has 4 heterocycles. The molecule has 1 N–H and O–H groups in total. The lowest BCUT2D eigenvalue weighted by Crippen LogP contribution is -2.29. The summed E-state index contributed by atoms with van der Waals surface area (Å²) in [6.07, 6.45) is 9.62. The molecule has 0 saturated carbocycles. The van der Waals surface area contributed by atoms with Crippen LogP contribution in [0.2, 0.25) is 0 Å². The highest BCUT2D eigenvalue weighted by molar-refractivity contribution is 6.46. The first-order valence-electron chi connectivity index (χ1n) is 8.68. The highest BCUT2D eigenvalue weighted by Gasteiger charge is 2.44. The predicted molar refractivity (Wildman–Crippen MR) is 96.7 cm³/mol. The number of nitrogens with one attached hydrogen (secondary N) is 1. The van der Waals surface area contributed by atoms with E-state index in [-0.39, 0.29) is 12.1 Å². The van der Waals surface area contributed by atoms with Gasteiger partial charge in [-0.15, -0.1) is 0 Å². The molecule has 28 heavy (non-hydrogen) atoms. The lowest BCUT2D eigenvalue weighted by atomic mass is 9.96. The van der Waals surface area contributed by atoms with E-state index in [2.05, 4.69) is 15.0 Å². The van der Waals surface area contributed by atoms with Gasteiger partial charge in [0.1, 0.15) is 0 Å². The normalized spacial score (nSPS) is 18.4. The van der Waals surface area contributed by atoms with Crippen LogP contribution < -0.4 is 10.1 Å². The Morgan fingerprint density at radius 2 is 1.71 bits per heavy atom. The van der Waals surface area contributed by atoms with E-state index in [1.54, 1.807) is 36.9 Å². The van der Waals surface area contributed by atoms with E-state index in [9.17, 15) is 14.7 Å². The summed E-state index contributed by atoms with van der Waals surface area (Å²) < 4.78 is 0. The molecule has 1 fully saturated rings. The van der Waals surface area contributed by atoms with Gasteiger partial charge in [-0.25, -0.2) is 4.98 Å². The van der Waals surface area contributed by atoms with E-state index < -0.39 is 23.5 Å². The van der Waals surface area contributed by atoms with Gasteiger partial charge in [-0.2, -0.15) is 0 Å². The van der Waals surface area contributed by atoms with Gasteiger partial charge in [0, 0.05) is 42.0 Å². The maximum Gasteiger partial charge on any atom is 0.295 e. The van der Waals surface area contributed by atoms with Gasteiger partial charge >= 0.3 is 0 Å². The number of H-pyrrole nitrogens is 1. The summed E-state index contributed by atoms with van der Waals surface area (Å²) in [5.74, 6) is -1.93. The number of aromatic nitrogens is 3. The van der Waals surface area contributed by atoms with Crippen molar-refractivity contribution in [2.75, 3.05) is 0 Å². The molecule has 0 radical (unpaired) electrons. The van der Waals surface area contributed by atoms with Crippen molar-refractivity contribution in [2.45, 2.75) is 12.6 Å². The Bertz CT molecular complexity index is 1040. The van der Waals surface area contributed by atoms with Crippen LogP contribution in [0.15, 0.2) is 79.2 Å². The van der Waals surface area contributed by atoms with Gasteiger partial charge in [0.2, 0.25) is 5.78 Å². The standard InChI is InChI=1S/C21H16N4O3/c26-19(16-5-10-23-11-6-16)17-18(15-3-8-22-9-4-15)25(21(28)20(17)27)13-14-2-1-7-24-12-14/h1-12,18,26H,13H2. The van der Waals surface area contributed by atoms with Crippen LogP contribution in [0.3, 0.4) is 0 Å².